The summed E-state index contributed by atoms with van der Waals surface area (Å²) in [5, 5.41) is 57.1. The normalized spacial score (nSPS) is 29.4. The van der Waals surface area contributed by atoms with Gasteiger partial charge in [0, 0.05) is 35.9 Å². The molecule has 7 N–H and O–H groups in total. The highest BCUT2D eigenvalue weighted by Gasteiger charge is 2.66. The quantitative estimate of drug-likeness (QED) is 0.116. The van der Waals surface area contributed by atoms with Crippen LogP contribution in [-0.2, 0) is 23.9 Å². The van der Waals surface area contributed by atoms with Crippen molar-refractivity contribution >= 4 is 35.3 Å². The maximum Gasteiger partial charge on any atom is 0.330 e. The molecule has 0 saturated heterocycles. The predicted octanol–water partition coefficient (Wildman–Crippen LogP) is 1.24. The van der Waals surface area contributed by atoms with E-state index in [1.807, 2.05) is 6.92 Å². The third-order valence-corrected chi connectivity index (χ3v) is 8.62. The zero-order valence-corrected chi connectivity index (χ0v) is 23.8. The summed E-state index contributed by atoms with van der Waals surface area (Å²) in [5.74, 6) is -10.1. The van der Waals surface area contributed by atoms with Gasteiger partial charge in [0.05, 0.1) is 18.3 Å². The molecule has 6 atom stereocenters. The van der Waals surface area contributed by atoms with Crippen LogP contribution in [0, 0.1) is 11.8 Å². The lowest BCUT2D eigenvalue weighted by molar-refractivity contribution is -0.162. The Hall–Kier alpha value is -4.00. The lowest BCUT2D eigenvalue weighted by Crippen LogP contribution is -2.65. The van der Waals surface area contributed by atoms with Gasteiger partial charge in [0.15, 0.2) is 11.4 Å². The number of primary amides is 1. The molecular formula is C30H36N2O10. The average Bonchev–Trinajstić information content (AvgIpc) is 3.01. The summed E-state index contributed by atoms with van der Waals surface area (Å²) in [5.41, 5.74) is 1.46. The van der Waals surface area contributed by atoms with Crippen molar-refractivity contribution in [2.24, 2.45) is 17.6 Å². The summed E-state index contributed by atoms with van der Waals surface area (Å²) in [6.07, 6.45) is 2.06. The number of benzene rings is 1. The van der Waals surface area contributed by atoms with Crippen molar-refractivity contribution < 1.29 is 49.4 Å². The van der Waals surface area contributed by atoms with Gasteiger partial charge in [-0.2, -0.15) is 0 Å². The van der Waals surface area contributed by atoms with Gasteiger partial charge in [0.2, 0.25) is 5.78 Å². The molecule has 1 aromatic carbocycles. The number of aliphatic hydroxyl groups is 4. The van der Waals surface area contributed by atoms with Crippen LogP contribution in [0.25, 0.3) is 11.8 Å². The van der Waals surface area contributed by atoms with Gasteiger partial charge in [-0.25, -0.2) is 4.79 Å². The minimum atomic E-state index is -3.00. The minimum Gasteiger partial charge on any atom is -0.508 e. The van der Waals surface area contributed by atoms with Gasteiger partial charge >= 0.3 is 5.97 Å². The standard InChI is InChI=1S/C30H36N2O10/c1-5-6-11-42-18(35)10-8-14-7-9-16(33)21-19(14)13(2)20-23(25(21)36)28(39)30(41)24(26(20)37)15(32(3)4)12-17(34)22(27(30)38)29(31)40/h7-10,13,15,20,24,26,33,36-38,41H,5-6,11-12H2,1-4H3,(H2,31,40)/b10-8+/t13-,15+,20+,24+,26-,30+/m0/s1. The zero-order chi connectivity index (χ0) is 31.3. The number of carbonyl (C=O) groups is 4. The molecule has 12 nitrogen and oxygen atoms in total. The van der Waals surface area contributed by atoms with Crippen molar-refractivity contribution in [2.45, 2.75) is 56.8 Å². The van der Waals surface area contributed by atoms with Crippen LogP contribution in [0.5, 0.6) is 5.75 Å². The number of aromatic hydroxyl groups is 1. The number of rotatable bonds is 7. The van der Waals surface area contributed by atoms with E-state index in [0.29, 0.717) is 17.5 Å². The van der Waals surface area contributed by atoms with E-state index < -0.39 is 93.8 Å². The average molecular weight is 585 g/mol. The van der Waals surface area contributed by atoms with Crippen LogP contribution >= 0.6 is 0 Å². The number of aliphatic hydroxyl groups excluding tert-OH is 3. The molecular weight excluding hydrogens is 548 g/mol. The van der Waals surface area contributed by atoms with Gasteiger partial charge in [0.1, 0.15) is 22.8 Å². The molecule has 1 aromatic rings. The third kappa shape index (κ3) is 4.69. The lowest BCUT2D eigenvalue weighted by atomic mass is 9.56. The Morgan fingerprint density at radius 2 is 1.86 bits per heavy atom. The molecule has 0 aliphatic heterocycles. The number of phenols is 1. The lowest BCUT2D eigenvalue weighted by Gasteiger charge is -2.51. The first-order valence-corrected chi connectivity index (χ1v) is 13.7. The zero-order valence-electron chi connectivity index (χ0n) is 23.8. The molecule has 0 aromatic heterocycles. The van der Waals surface area contributed by atoms with Gasteiger partial charge in [-0.3, -0.25) is 14.4 Å². The molecule has 3 aliphatic carbocycles. The number of carbonyl (C=O) groups excluding carboxylic acids is 4. The van der Waals surface area contributed by atoms with E-state index in [2.05, 4.69) is 0 Å². The van der Waals surface area contributed by atoms with E-state index in [1.54, 1.807) is 21.0 Å². The SMILES string of the molecule is CCCCOC(=O)/C=C/c1ccc(O)c2c1[C@H](C)[C@@H]1C(=C2O)C(=O)[C@]2(O)C(O)=C(C(N)=O)C(=O)C[C@@H](N(C)C)[C@@H]2[C@H]1O. The number of fused-ring (bicyclic) bond motifs is 3. The van der Waals surface area contributed by atoms with E-state index in [-0.39, 0.29) is 12.2 Å². The first-order chi connectivity index (χ1) is 19.7. The highest BCUT2D eigenvalue weighted by atomic mass is 16.5. The molecule has 3 aliphatic rings. The molecule has 1 fully saturated rings. The van der Waals surface area contributed by atoms with Crippen LogP contribution in [0.15, 0.2) is 35.1 Å². The molecule has 0 bridgehead atoms. The number of hydrogen-bond donors (Lipinski definition) is 6. The number of unbranched alkanes of at least 4 members (excludes halogenated alkanes) is 1. The maximum atomic E-state index is 14.2. The number of ether oxygens (including phenoxy) is 1. The van der Waals surface area contributed by atoms with Crippen molar-refractivity contribution in [3.63, 3.8) is 0 Å². The molecule has 0 radical (unpaired) electrons. The summed E-state index contributed by atoms with van der Waals surface area (Å²) in [7, 11) is 3.09. The summed E-state index contributed by atoms with van der Waals surface area (Å²) < 4.78 is 5.16. The van der Waals surface area contributed by atoms with Crippen molar-refractivity contribution in [3.8, 4) is 5.75 Å². The molecule has 0 unspecified atom stereocenters. The Morgan fingerprint density at radius 1 is 1.19 bits per heavy atom. The van der Waals surface area contributed by atoms with Crippen LogP contribution in [0.1, 0.15) is 55.7 Å². The highest BCUT2D eigenvalue weighted by molar-refractivity contribution is 6.22. The smallest absolute Gasteiger partial charge is 0.330 e. The monoisotopic (exact) mass is 584 g/mol. The Kier molecular flexibility index (Phi) is 8.36. The fraction of sp³-hybridized carbons (Fsp3) is 0.467. The molecule has 0 heterocycles. The fourth-order valence-corrected chi connectivity index (χ4v) is 6.58. The van der Waals surface area contributed by atoms with Crippen LogP contribution in [0.4, 0.5) is 0 Å². The minimum absolute atomic E-state index is 0.162. The van der Waals surface area contributed by atoms with Crippen LogP contribution in [-0.4, -0.2) is 92.3 Å². The van der Waals surface area contributed by atoms with E-state index in [0.717, 1.165) is 6.42 Å². The largest absolute Gasteiger partial charge is 0.508 e. The number of amides is 1. The predicted molar refractivity (Wildman–Crippen MR) is 150 cm³/mol. The highest BCUT2D eigenvalue weighted by Crippen LogP contribution is 2.56. The first kappa shape index (κ1) is 30.9. The Bertz CT molecular complexity index is 1440. The third-order valence-electron chi connectivity index (χ3n) is 8.62. The Balaban J connectivity index is 1.94. The van der Waals surface area contributed by atoms with Gasteiger partial charge < -0.3 is 40.9 Å². The molecule has 12 heteroatoms. The van der Waals surface area contributed by atoms with Crippen molar-refractivity contribution in [3.05, 3.63) is 51.8 Å². The van der Waals surface area contributed by atoms with Crippen LogP contribution in [0.2, 0.25) is 0 Å². The van der Waals surface area contributed by atoms with Crippen LogP contribution in [0.3, 0.4) is 0 Å². The summed E-state index contributed by atoms with van der Waals surface area (Å²) in [4.78, 5) is 53.1. The number of phenolic OH excluding ortho intramolecular Hbond substituents is 1. The summed E-state index contributed by atoms with van der Waals surface area (Å²) >= 11 is 0. The second kappa shape index (κ2) is 11.3. The fourth-order valence-electron chi connectivity index (χ4n) is 6.58. The Morgan fingerprint density at radius 3 is 2.45 bits per heavy atom. The number of Topliss-reactive ketones (excluding diaryl/α,β-unsaturated/α-hetero) is 2. The molecule has 4 rings (SSSR count). The molecule has 1 amide bonds. The summed E-state index contributed by atoms with van der Waals surface area (Å²) in [6, 6.07) is 1.72. The van der Waals surface area contributed by atoms with Gasteiger partial charge in [0.25, 0.3) is 5.91 Å². The van der Waals surface area contributed by atoms with Crippen molar-refractivity contribution in [2.75, 3.05) is 20.7 Å². The van der Waals surface area contributed by atoms with Crippen LogP contribution < -0.4 is 5.73 Å². The molecule has 42 heavy (non-hydrogen) atoms. The van der Waals surface area contributed by atoms with Crippen molar-refractivity contribution in [1.82, 2.24) is 4.90 Å². The van der Waals surface area contributed by atoms with E-state index >= 15 is 0 Å². The number of esters is 1. The number of nitrogens with two attached hydrogens (primary N) is 1. The van der Waals surface area contributed by atoms with Gasteiger partial charge in [-0.05, 0) is 49.7 Å². The first-order valence-electron chi connectivity index (χ1n) is 13.7. The topological polar surface area (TPSA) is 208 Å². The maximum absolute atomic E-state index is 14.2. The van der Waals surface area contributed by atoms with Crippen molar-refractivity contribution in [1.29, 1.82) is 0 Å². The number of hydrogen-bond acceptors (Lipinski definition) is 11. The number of ketones is 2. The second-order valence-electron chi connectivity index (χ2n) is 11.3. The van der Waals surface area contributed by atoms with Gasteiger partial charge in [-0.1, -0.05) is 26.3 Å². The second-order valence-corrected chi connectivity index (χ2v) is 11.3. The van der Waals surface area contributed by atoms with E-state index in [4.69, 9.17) is 10.5 Å². The van der Waals surface area contributed by atoms with E-state index in [9.17, 15) is 44.7 Å². The van der Waals surface area contributed by atoms with Gasteiger partial charge in [-0.15, -0.1) is 0 Å². The molecule has 1 saturated carbocycles. The van der Waals surface area contributed by atoms with E-state index in [1.165, 1.54) is 29.2 Å². The molecule has 0 spiro atoms. The number of nitrogens with zero attached hydrogens (tertiary/aromatic N) is 1. The summed E-state index contributed by atoms with van der Waals surface area (Å²) in [6.45, 7) is 3.84. The molecule has 226 valence electrons. The Labute approximate surface area is 242 Å².